The summed E-state index contributed by atoms with van der Waals surface area (Å²) in [6.07, 6.45) is 4.45. The zero-order valence-electron chi connectivity index (χ0n) is 16.5. The molecule has 2 aliphatic heterocycles. The van der Waals surface area contributed by atoms with E-state index in [4.69, 9.17) is 9.47 Å². The number of benzene rings is 2. The van der Waals surface area contributed by atoms with E-state index in [0.717, 1.165) is 45.3 Å². The number of aryl methyl sites for hydroxylation is 1. The van der Waals surface area contributed by atoms with Gasteiger partial charge in [0.1, 0.15) is 0 Å². The molecule has 2 heterocycles. The fourth-order valence-corrected chi connectivity index (χ4v) is 4.10. The van der Waals surface area contributed by atoms with E-state index in [9.17, 15) is 4.79 Å². The Kier molecular flexibility index (Phi) is 5.81. The lowest BCUT2D eigenvalue weighted by molar-refractivity contribution is 0.0616. The van der Waals surface area contributed by atoms with Crippen molar-refractivity contribution in [1.29, 1.82) is 0 Å². The zero-order chi connectivity index (χ0) is 19.3. The molecule has 1 amide bonds. The molecule has 0 aromatic heterocycles. The van der Waals surface area contributed by atoms with Crippen molar-refractivity contribution >= 4 is 5.91 Å². The zero-order valence-corrected chi connectivity index (χ0v) is 16.5. The Morgan fingerprint density at radius 3 is 2.82 bits per heavy atom. The molecule has 0 aliphatic carbocycles. The van der Waals surface area contributed by atoms with Crippen molar-refractivity contribution < 1.29 is 14.3 Å². The summed E-state index contributed by atoms with van der Waals surface area (Å²) in [4.78, 5) is 17.4. The third-order valence-electron chi connectivity index (χ3n) is 5.75. The van der Waals surface area contributed by atoms with Gasteiger partial charge >= 0.3 is 0 Å². The molecule has 0 spiro atoms. The quantitative estimate of drug-likeness (QED) is 0.768. The largest absolute Gasteiger partial charge is 0.454 e. The molecule has 0 bridgehead atoms. The first-order chi connectivity index (χ1) is 13.7. The summed E-state index contributed by atoms with van der Waals surface area (Å²) in [5, 5.41) is 0. The van der Waals surface area contributed by atoms with E-state index >= 15 is 0 Å². The van der Waals surface area contributed by atoms with Crippen LogP contribution in [0.4, 0.5) is 0 Å². The number of rotatable bonds is 6. The Hall–Kier alpha value is -2.53. The number of likely N-dealkylation sites (tertiary alicyclic amines) is 1. The summed E-state index contributed by atoms with van der Waals surface area (Å²) in [7, 11) is 1.92. The molecule has 5 nitrogen and oxygen atoms in total. The lowest BCUT2D eigenvalue weighted by Gasteiger charge is -2.37. The predicted molar refractivity (Wildman–Crippen MR) is 109 cm³/mol. The van der Waals surface area contributed by atoms with Gasteiger partial charge < -0.3 is 19.3 Å². The first-order valence-electron chi connectivity index (χ1n) is 10.1. The van der Waals surface area contributed by atoms with Crippen molar-refractivity contribution in [3.05, 3.63) is 59.7 Å². The molecular formula is C23H28N2O3. The van der Waals surface area contributed by atoms with Crippen molar-refractivity contribution in [3.8, 4) is 11.5 Å². The molecule has 148 valence electrons. The molecule has 0 N–H and O–H groups in total. The highest BCUT2D eigenvalue weighted by Gasteiger charge is 2.27. The Balaban J connectivity index is 1.31. The van der Waals surface area contributed by atoms with Gasteiger partial charge in [0.15, 0.2) is 11.5 Å². The predicted octanol–water partition coefficient (Wildman–Crippen LogP) is 3.58. The SMILES string of the molecule is CN(C(=O)c1ccc2c(c1)OCO2)C1CCCN(CCCc2ccccc2)C1. The first-order valence-corrected chi connectivity index (χ1v) is 10.1. The fourth-order valence-electron chi connectivity index (χ4n) is 4.10. The number of carbonyl (C=O) groups excluding carboxylic acids is 1. The van der Waals surface area contributed by atoms with Gasteiger partial charge in [0, 0.05) is 25.2 Å². The molecule has 0 saturated carbocycles. The van der Waals surface area contributed by atoms with Crippen LogP contribution in [0.1, 0.15) is 35.2 Å². The number of fused-ring (bicyclic) bond motifs is 1. The number of hydrogen-bond acceptors (Lipinski definition) is 4. The summed E-state index contributed by atoms with van der Waals surface area (Å²) in [6, 6.07) is 16.3. The van der Waals surface area contributed by atoms with Crippen molar-refractivity contribution in [3.63, 3.8) is 0 Å². The molecule has 5 heteroatoms. The number of piperidine rings is 1. The number of carbonyl (C=O) groups is 1. The third-order valence-corrected chi connectivity index (χ3v) is 5.75. The highest BCUT2D eigenvalue weighted by atomic mass is 16.7. The standard InChI is InChI=1S/C23H28N2O3/c1-24(23(26)19-11-12-21-22(15-19)28-17-27-21)20-10-6-14-25(16-20)13-5-9-18-7-3-2-4-8-18/h2-4,7-8,11-12,15,20H,5-6,9-10,13-14,16-17H2,1H3. The summed E-state index contributed by atoms with van der Waals surface area (Å²) in [5.41, 5.74) is 2.05. The highest BCUT2D eigenvalue weighted by molar-refractivity contribution is 5.95. The molecule has 2 aromatic rings. The second-order valence-corrected chi connectivity index (χ2v) is 7.67. The van der Waals surface area contributed by atoms with Crippen molar-refractivity contribution in [1.82, 2.24) is 9.80 Å². The van der Waals surface area contributed by atoms with Crippen LogP contribution in [-0.4, -0.2) is 55.2 Å². The number of likely N-dealkylation sites (N-methyl/N-ethyl adjacent to an activating group) is 1. The maximum atomic E-state index is 13.0. The van der Waals surface area contributed by atoms with Gasteiger partial charge in [-0.3, -0.25) is 4.79 Å². The molecule has 4 rings (SSSR count). The topological polar surface area (TPSA) is 42.0 Å². The smallest absolute Gasteiger partial charge is 0.254 e. The van der Waals surface area contributed by atoms with E-state index in [2.05, 4.69) is 35.2 Å². The maximum Gasteiger partial charge on any atom is 0.254 e. The average Bonchev–Trinajstić information content (AvgIpc) is 3.21. The molecule has 1 unspecified atom stereocenters. The number of amides is 1. The van der Waals surface area contributed by atoms with Crippen molar-refractivity contribution in [2.45, 2.75) is 31.7 Å². The van der Waals surface area contributed by atoms with Crippen LogP contribution < -0.4 is 9.47 Å². The van der Waals surface area contributed by atoms with Crippen LogP contribution in [-0.2, 0) is 6.42 Å². The van der Waals surface area contributed by atoms with E-state index < -0.39 is 0 Å². The Morgan fingerprint density at radius 2 is 1.96 bits per heavy atom. The van der Waals surface area contributed by atoms with Gasteiger partial charge in [0.05, 0.1) is 0 Å². The minimum Gasteiger partial charge on any atom is -0.454 e. The lowest BCUT2D eigenvalue weighted by atomic mass is 10.0. The van der Waals surface area contributed by atoms with Crippen LogP contribution in [0.25, 0.3) is 0 Å². The number of ether oxygens (including phenoxy) is 2. The van der Waals surface area contributed by atoms with Gasteiger partial charge in [-0.05, 0) is 62.5 Å². The fraction of sp³-hybridized carbons (Fsp3) is 0.435. The van der Waals surface area contributed by atoms with E-state index in [-0.39, 0.29) is 18.7 Å². The summed E-state index contributed by atoms with van der Waals surface area (Å²) < 4.78 is 10.8. The number of hydrogen-bond donors (Lipinski definition) is 0. The molecule has 1 fully saturated rings. The molecule has 2 aromatic carbocycles. The minimum atomic E-state index is 0.0504. The van der Waals surface area contributed by atoms with Crippen LogP contribution in [0, 0.1) is 0 Å². The van der Waals surface area contributed by atoms with Gasteiger partial charge in [0.2, 0.25) is 6.79 Å². The van der Waals surface area contributed by atoms with Crippen LogP contribution in [0.2, 0.25) is 0 Å². The van der Waals surface area contributed by atoms with E-state index in [1.807, 2.05) is 24.1 Å². The van der Waals surface area contributed by atoms with Gasteiger partial charge in [-0.25, -0.2) is 0 Å². The highest BCUT2D eigenvalue weighted by Crippen LogP contribution is 2.33. The molecular weight excluding hydrogens is 352 g/mol. The van der Waals surface area contributed by atoms with Gasteiger partial charge in [0.25, 0.3) is 5.91 Å². The van der Waals surface area contributed by atoms with E-state index in [0.29, 0.717) is 17.1 Å². The second-order valence-electron chi connectivity index (χ2n) is 7.67. The normalized spacial score (nSPS) is 18.8. The summed E-state index contributed by atoms with van der Waals surface area (Å²) in [6.45, 7) is 3.37. The molecule has 2 aliphatic rings. The minimum absolute atomic E-state index is 0.0504. The monoisotopic (exact) mass is 380 g/mol. The van der Waals surface area contributed by atoms with E-state index in [1.54, 1.807) is 6.07 Å². The van der Waals surface area contributed by atoms with Crippen LogP contribution in [0.5, 0.6) is 11.5 Å². The third kappa shape index (κ3) is 4.30. The number of nitrogens with zero attached hydrogens (tertiary/aromatic N) is 2. The molecule has 0 radical (unpaired) electrons. The van der Waals surface area contributed by atoms with E-state index in [1.165, 1.54) is 5.56 Å². The van der Waals surface area contributed by atoms with Gasteiger partial charge in [-0.2, -0.15) is 0 Å². The van der Waals surface area contributed by atoms with Crippen LogP contribution >= 0.6 is 0 Å². The van der Waals surface area contributed by atoms with Gasteiger partial charge in [-0.1, -0.05) is 30.3 Å². The summed E-state index contributed by atoms with van der Waals surface area (Å²) >= 11 is 0. The lowest BCUT2D eigenvalue weighted by Crippen LogP contribution is -2.48. The van der Waals surface area contributed by atoms with Crippen molar-refractivity contribution in [2.24, 2.45) is 0 Å². The average molecular weight is 380 g/mol. The molecule has 1 saturated heterocycles. The Labute approximate surface area is 166 Å². The maximum absolute atomic E-state index is 13.0. The first kappa shape index (κ1) is 18.8. The van der Waals surface area contributed by atoms with Crippen LogP contribution in [0.3, 0.4) is 0 Å². The van der Waals surface area contributed by atoms with Crippen LogP contribution in [0.15, 0.2) is 48.5 Å². The molecule has 28 heavy (non-hydrogen) atoms. The van der Waals surface area contributed by atoms with Gasteiger partial charge in [-0.15, -0.1) is 0 Å². The molecule has 1 atom stereocenters. The summed E-state index contributed by atoms with van der Waals surface area (Å²) in [5.74, 6) is 1.42. The Morgan fingerprint density at radius 1 is 1.14 bits per heavy atom. The second kappa shape index (κ2) is 8.65. The Bertz CT molecular complexity index is 809. The van der Waals surface area contributed by atoms with Crippen molar-refractivity contribution in [2.75, 3.05) is 33.5 Å².